The van der Waals surface area contributed by atoms with Gasteiger partial charge in [-0.3, -0.25) is 10.1 Å². The normalized spacial score (nSPS) is 13.9. The molecule has 1 amide bonds. The largest absolute Gasteiger partial charge is 0.489 e. The second kappa shape index (κ2) is 8.56. The van der Waals surface area contributed by atoms with Crippen molar-refractivity contribution in [2.45, 2.75) is 25.9 Å². The van der Waals surface area contributed by atoms with E-state index in [2.05, 4.69) is 25.4 Å². The average Bonchev–Trinajstić information content (AvgIpc) is 3.22. The number of piperidine rings is 1. The Morgan fingerprint density at radius 2 is 1.89 bits per heavy atom. The molecular formula is C21H23N5O2. The van der Waals surface area contributed by atoms with Gasteiger partial charge in [0.1, 0.15) is 12.4 Å². The fourth-order valence-corrected chi connectivity index (χ4v) is 3.19. The van der Waals surface area contributed by atoms with Crippen LogP contribution in [0.15, 0.2) is 54.6 Å². The average molecular weight is 377 g/mol. The fourth-order valence-electron chi connectivity index (χ4n) is 3.19. The van der Waals surface area contributed by atoms with Crippen LogP contribution in [0.2, 0.25) is 0 Å². The predicted molar refractivity (Wildman–Crippen MR) is 108 cm³/mol. The van der Waals surface area contributed by atoms with E-state index in [-0.39, 0.29) is 5.91 Å². The number of anilines is 2. The monoisotopic (exact) mass is 377 g/mol. The number of H-pyrrole nitrogens is 1. The number of amides is 1. The number of hydrogen-bond acceptors (Lipinski definition) is 5. The third kappa shape index (κ3) is 4.49. The number of carbonyl (C=O) groups excluding carboxylic acids is 1. The smallest absolute Gasteiger partial charge is 0.258 e. The molecule has 1 aliphatic heterocycles. The molecule has 0 radical (unpaired) electrons. The van der Waals surface area contributed by atoms with E-state index in [1.807, 2.05) is 36.4 Å². The van der Waals surface area contributed by atoms with E-state index >= 15 is 0 Å². The van der Waals surface area contributed by atoms with Gasteiger partial charge in [0.15, 0.2) is 0 Å². The third-order valence-electron chi connectivity index (χ3n) is 4.69. The van der Waals surface area contributed by atoms with Gasteiger partial charge in [-0.05, 0) is 43.0 Å². The summed E-state index contributed by atoms with van der Waals surface area (Å²) in [6.07, 6.45) is 3.53. The lowest BCUT2D eigenvalue weighted by atomic mass is 10.1. The summed E-state index contributed by atoms with van der Waals surface area (Å²) in [5.74, 6) is 1.37. The highest BCUT2D eigenvalue weighted by Gasteiger charge is 2.16. The van der Waals surface area contributed by atoms with E-state index in [0.29, 0.717) is 29.8 Å². The Bertz CT molecular complexity index is 919. The molecule has 0 bridgehead atoms. The molecule has 7 heteroatoms. The standard InChI is InChI=1S/C21H23N5O2/c27-19(22-20-23-21(25-24-20)26-12-5-2-6-13-26)17-10-7-11-18(14-17)28-15-16-8-3-1-4-9-16/h1,3-4,7-11,14H,2,5-6,12-13,15H2,(H2,22,23,24,25,27). The Morgan fingerprint density at radius 1 is 1.07 bits per heavy atom. The van der Waals surface area contributed by atoms with Crippen molar-refractivity contribution in [1.82, 2.24) is 15.2 Å². The highest BCUT2D eigenvalue weighted by Crippen LogP contribution is 2.18. The maximum atomic E-state index is 12.6. The Morgan fingerprint density at radius 3 is 2.71 bits per heavy atom. The molecule has 7 nitrogen and oxygen atoms in total. The second-order valence-electron chi connectivity index (χ2n) is 6.79. The number of hydrogen-bond donors (Lipinski definition) is 2. The summed E-state index contributed by atoms with van der Waals surface area (Å²) in [5, 5.41) is 9.78. The maximum absolute atomic E-state index is 12.6. The first-order chi connectivity index (χ1) is 13.8. The van der Waals surface area contributed by atoms with Crippen LogP contribution in [0, 0.1) is 0 Å². The molecule has 0 aliphatic carbocycles. The SMILES string of the molecule is O=C(Nc1nc(N2CCCCC2)n[nH]1)c1cccc(OCc2ccccc2)c1. The Balaban J connectivity index is 1.37. The number of aromatic amines is 1. The Labute approximate surface area is 163 Å². The molecule has 1 fully saturated rings. The summed E-state index contributed by atoms with van der Waals surface area (Å²) < 4.78 is 5.79. The molecule has 3 aromatic rings. The number of benzene rings is 2. The zero-order valence-electron chi connectivity index (χ0n) is 15.6. The van der Waals surface area contributed by atoms with Gasteiger partial charge in [0.2, 0.25) is 11.9 Å². The highest BCUT2D eigenvalue weighted by atomic mass is 16.5. The van der Waals surface area contributed by atoms with E-state index in [1.54, 1.807) is 18.2 Å². The van der Waals surface area contributed by atoms with Crippen LogP contribution in [-0.2, 0) is 6.61 Å². The molecule has 1 aromatic heterocycles. The Hall–Kier alpha value is -3.35. The summed E-state index contributed by atoms with van der Waals surface area (Å²) in [5.41, 5.74) is 1.57. The van der Waals surface area contributed by atoms with Crippen LogP contribution in [0.25, 0.3) is 0 Å². The molecule has 0 atom stereocenters. The molecule has 2 heterocycles. The van der Waals surface area contributed by atoms with Gasteiger partial charge in [-0.2, -0.15) is 4.98 Å². The van der Waals surface area contributed by atoms with Gasteiger partial charge >= 0.3 is 0 Å². The van der Waals surface area contributed by atoms with Crippen LogP contribution in [0.3, 0.4) is 0 Å². The second-order valence-corrected chi connectivity index (χ2v) is 6.79. The molecule has 0 unspecified atom stereocenters. The van der Waals surface area contributed by atoms with Gasteiger partial charge in [0.25, 0.3) is 5.91 Å². The molecule has 1 saturated heterocycles. The number of aromatic nitrogens is 3. The summed E-state index contributed by atoms with van der Waals surface area (Å²) >= 11 is 0. The topological polar surface area (TPSA) is 83.1 Å². The van der Waals surface area contributed by atoms with Gasteiger partial charge in [0.05, 0.1) is 0 Å². The van der Waals surface area contributed by atoms with Crippen LogP contribution in [-0.4, -0.2) is 34.2 Å². The molecule has 1 aliphatic rings. The van der Waals surface area contributed by atoms with Gasteiger partial charge in [-0.1, -0.05) is 36.4 Å². The number of carbonyl (C=O) groups is 1. The lowest BCUT2D eigenvalue weighted by Gasteiger charge is -2.24. The summed E-state index contributed by atoms with van der Waals surface area (Å²) in [4.78, 5) is 19.1. The van der Waals surface area contributed by atoms with Gasteiger partial charge in [-0.15, -0.1) is 5.10 Å². The molecule has 4 rings (SSSR count). The number of nitrogens with zero attached hydrogens (tertiary/aromatic N) is 3. The molecule has 0 spiro atoms. The van der Waals surface area contributed by atoms with Crippen LogP contribution in [0.5, 0.6) is 5.75 Å². The quantitative estimate of drug-likeness (QED) is 0.685. The van der Waals surface area contributed by atoms with Crippen molar-refractivity contribution < 1.29 is 9.53 Å². The fraction of sp³-hybridized carbons (Fsp3) is 0.286. The molecule has 28 heavy (non-hydrogen) atoms. The lowest BCUT2D eigenvalue weighted by molar-refractivity contribution is 0.102. The zero-order valence-corrected chi connectivity index (χ0v) is 15.6. The highest BCUT2D eigenvalue weighted by molar-refractivity contribution is 6.03. The van der Waals surface area contributed by atoms with Crippen molar-refractivity contribution in [2.24, 2.45) is 0 Å². The van der Waals surface area contributed by atoms with E-state index in [0.717, 1.165) is 31.5 Å². The van der Waals surface area contributed by atoms with E-state index < -0.39 is 0 Å². The van der Waals surface area contributed by atoms with Crippen molar-refractivity contribution in [1.29, 1.82) is 0 Å². The van der Waals surface area contributed by atoms with Crippen molar-refractivity contribution in [3.05, 3.63) is 65.7 Å². The molecular weight excluding hydrogens is 354 g/mol. The molecule has 0 saturated carbocycles. The first-order valence-corrected chi connectivity index (χ1v) is 9.53. The van der Waals surface area contributed by atoms with E-state index in [4.69, 9.17) is 4.74 Å². The van der Waals surface area contributed by atoms with Crippen LogP contribution < -0.4 is 15.0 Å². The van der Waals surface area contributed by atoms with E-state index in [9.17, 15) is 4.79 Å². The summed E-state index contributed by atoms with van der Waals surface area (Å²) in [7, 11) is 0. The molecule has 2 N–H and O–H groups in total. The number of nitrogens with one attached hydrogen (secondary N) is 2. The van der Waals surface area contributed by atoms with E-state index in [1.165, 1.54) is 6.42 Å². The van der Waals surface area contributed by atoms with Crippen LogP contribution >= 0.6 is 0 Å². The van der Waals surface area contributed by atoms with Gasteiger partial charge in [-0.25, -0.2) is 5.10 Å². The van der Waals surface area contributed by atoms with Gasteiger partial charge < -0.3 is 9.64 Å². The minimum absolute atomic E-state index is 0.258. The zero-order chi connectivity index (χ0) is 19.2. The van der Waals surface area contributed by atoms with Crippen LogP contribution in [0.4, 0.5) is 11.9 Å². The predicted octanol–water partition coefficient (Wildman–Crippen LogP) is 3.63. The summed E-state index contributed by atoms with van der Waals surface area (Å²) in [6.45, 7) is 2.35. The van der Waals surface area contributed by atoms with Crippen molar-refractivity contribution in [3.8, 4) is 5.75 Å². The first kappa shape index (κ1) is 18.0. The van der Waals surface area contributed by atoms with Crippen molar-refractivity contribution in [2.75, 3.05) is 23.3 Å². The minimum Gasteiger partial charge on any atom is -0.489 e. The third-order valence-corrected chi connectivity index (χ3v) is 4.69. The summed E-state index contributed by atoms with van der Waals surface area (Å²) in [6, 6.07) is 17.0. The number of rotatable bonds is 6. The van der Waals surface area contributed by atoms with Crippen molar-refractivity contribution in [3.63, 3.8) is 0 Å². The minimum atomic E-state index is -0.258. The molecule has 2 aromatic carbocycles. The Kier molecular flexibility index (Phi) is 5.51. The van der Waals surface area contributed by atoms with Crippen LogP contribution in [0.1, 0.15) is 35.2 Å². The van der Waals surface area contributed by atoms with Crippen molar-refractivity contribution >= 4 is 17.8 Å². The first-order valence-electron chi connectivity index (χ1n) is 9.53. The van der Waals surface area contributed by atoms with Gasteiger partial charge in [0, 0.05) is 18.7 Å². The number of ether oxygens (including phenoxy) is 1. The molecule has 144 valence electrons. The maximum Gasteiger partial charge on any atom is 0.258 e. The lowest BCUT2D eigenvalue weighted by Crippen LogP contribution is -2.30.